The highest BCUT2D eigenvalue weighted by Gasteiger charge is 2.08. The molecule has 0 unspecified atom stereocenters. The van der Waals surface area contributed by atoms with Crippen molar-refractivity contribution in [2.75, 3.05) is 12.3 Å². The fourth-order valence-electron chi connectivity index (χ4n) is 3.31. The monoisotopic (exact) mass is 378 g/mol. The second-order valence-electron chi connectivity index (χ2n) is 7.32. The Bertz CT molecular complexity index is 737. The highest BCUT2D eigenvalue weighted by molar-refractivity contribution is 5.99. The molecule has 0 bridgehead atoms. The number of nitrogen functional groups attached to an aromatic ring is 1. The summed E-state index contributed by atoms with van der Waals surface area (Å²) in [6.07, 6.45) is 11.8. The molecule has 2 rings (SSSR count). The number of carbonyl (C=O) groups excluding carboxylic acids is 1. The molecule has 0 radical (unpaired) electrons. The van der Waals surface area contributed by atoms with E-state index >= 15 is 0 Å². The number of hydrogen-bond donors (Lipinski definition) is 2. The summed E-state index contributed by atoms with van der Waals surface area (Å²) in [5.41, 5.74) is 9.49. The van der Waals surface area contributed by atoms with Crippen LogP contribution >= 0.6 is 0 Å². The number of hydrogen-bond acceptors (Lipinski definition) is 2. The fraction of sp³-hybridized carbons (Fsp3) is 0.400. The summed E-state index contributed by atoms with van der Waals surface area (Å²) in [7, 11) is 0. The third kappa shape index (κ3) is 7.99. The van der Waals surface area contributed by atoms with Crippen LogP contribution < -0.4 is 11.1 Å². The van der Waals surface area contributed by atoms with Gasteiger partial charge in [0.05, 0.1) is 0 Å². The Labute approximate surface area is 170 Å². The quantitative estimate of drug-likeness (QED) is 0.272. The van der Waals surface area contributed by atoms with Gasteiger partial charge in [-0.1, -0.05) is 94.3 Å². The molecule has 3 heteroatoms. The van der Waals surface area contributed by atoms with Crippen molar-refractivity contribution in [1.82, 2.24) is 5.32 Å². The van der Waals surface area contributed by atoms with Crippen molar-refractivity contribution in [2.24, 2.45) is 0 Å². The first-order chi connectivity index (χ1) is 13.7. The molecule has 0 aromatic heterocycles. The van der Waals surface area contributed by atoms with Gasteiger partial charge >= 0.3 is 0 Å². The predicted molar refractivity (Wildman–Crippen MR) is 120 cm³/mol. The van der Waals surface area contributed by atoms with E-state index < -0.39 is 0 Å². The number of benzene rings is 2. The first kappa shape index (κ1) is 21.7. The molecule has 2 aromatic carbocycles. The SMILES string of the molecule is CCCCCCCCCCNC(=O)C=C(c1ccccc1)c1cccc(N)c1. The van der Waals surface area contributed by atoms with E-state index in [2.05, 4.69) is 12.2 Å². The number of nitrogens with two attached hydrogens (primary N) is 1. The zero-order chi connectivity index (χ0) is 20.0. The van der Waals surface area contributed by atoms with E-state index in [9.17, 15) is 4.79 Å². The van der Waals surface area contributed by atoms with Crippen molar-refractivity contribution in [3.63, 3.8) is 0 Å². The molecule has 0 aliphatic heterocycles. The van der Waals surface area contributed by atoms with E-state index in [0.717, 1.165) is 29.7 Å². The van der Waals surface area contributed by atoms with Gasteiger partial charge in [0.2, 0.25) is 5.91 Å². The molecule has 2 aromatic rings. The summed E-state index contributed by atoms with van der Waals surface area (Å²) in [6.45, 7) is 2.97. The summed E-state index contributed by atoms with van der Waals surface area (Å²) < 4.78 is 0. The van der Waals surface area contributed by atoms with Gasteiger partial charge in [-0.25, -0.2) is 0 Å². The summed E-state index contributed by atoms with van der Waals surface area (Å²) in [4.78, 5) is 12.5. The van der Waals surface area contributed by atoms with Crippen molar-refractivity contribution in [2.45, 2.75) is 58.3 Å². The minimum Gasteiger partial charge on any atom is -0.399 e. The zero-order valence-corrected chi connectivity index (χ0v) is 17.1. The summed E-state index contributed by atoms with van der Waals surface area (Å²) in [6, 6.07) is 17.6. The van der Waals surface area contributed by atoms with Crippen molar-refractivity contribution < 1.29 is 4.79 Å². The van der Waals surface area contributed by atoms with Crippen molar-refractivity contribution in [3.05, 3.63) is 71.8 Å². The van der Waals surface area contributed by atoms with E-state index in [4.69, 9.17) is 5.73 Å². The van der Waals surface area contributed by atoms with Crippen LogP contribution in [0.2, 0.25) is 0 Å². The Morgan fingerprint density at radius 1 is 0.857 bits per heavy atom. The maximum absolute atomic E-state index is 12.5. The Hall–Kier alpha value is -2.55. The number of nitrogens with one attached hydrogen (secondary N) is 1. The molecule has 1 amide bonds. The second-order valence-corrected chi connectivity index (χ2v) is 7.32. The van der Waals surface area contributed by atoms with E-state index in [0.29, 0.717) is 5.69 Å². The molecule has 0 spiro atoms. The smallest absolute Gasteiger partial charge is 0.244 e. The first-order valence-corrected chi connectivity index (χ1v) is 10.6. The van der Waals surface area contributed by atoms with Gasteiger partial charge in [0.15, 0.2) is 0 Å². The maximum Gasteiger partial charge on any atom is 0.244 e. The Balaban J connectivity index is 1.87. The molecule has 3 N–H and O–H groups in total. The minimum atomic E-state index is -0.0516. The second kappa shape index (κ2) is 12.8. The highest BCUT2D eigenvalue weighted by atomic mass is 16.1. The summed E-state index contributed by atoms with van der Waals surface area (Å²) in [5, 5.41) is 3.03. The van der Waals surface area contributed by atoms with Gasteiger partial charge in [-0.05, 0) is 35.3 Å². The van der Waals surface area contributed by atoms with Gasteiger partial charge in [0.1, 0.15) is 0 Å². The van der Waals surface area contributed by atoms with Gasteiger partial charge in [0, 0.05) is 18.3 Å². The molecule has 3 nitrogen and oxygen atoms in total. The van der Waals surface area contributed by atoms with Crippen LogP contribution in [0.4, 0.5) is 5.69 Å². The van der Waals surface area contributed by atoms with E-state index in [1.807, 2.05) is 54.6 Å². The number of carbonyl (C=O) groups is 1. The first-order valence-electron chi connectivity index (χ1n) is 10.6. The normalized spacial score (nSPS) is 11.4. The lowest BCUT2D eigenvalue weighted by Crippen LogP contribution is -2.22. The van der Waals surface area contributed by atoms with Gasteiger partial charge in [-0.15, -0.1) is 0 Å². The highest BCUT2D eigenvalue weighted by Crippen LogP contribution is 2.24. The summed E-state index contributed by atoms with van der Waals surface area (Å²) in [5.74, 6) is -0.0516. The lowest BCUT2D eigenvalue weighted by molar-refractivity contribution is -0.116. The Kier molecular flexibility index (Phi) is 9.92. The molecule has 0 saturated heterocycles. The number of unbranched alkanes of at least 4 members (excludes halogenated alkanes) is 7. The molecule has 0 aliphatic carbocycles. The van der Waals surface area contributed by atoms with Crippen molar-refractivity contribution in [1.29, 1.82) is 0 Å². The average molecular weight is 379 g/mol. The third-order valence-corrected chi connectivity index (χ3v) is 4.89. The predicted octanol–water partition coefficient (Wildman–Crippen LogP) is 5.96. The molecule has 0 heterocycles. The molecule has 150 valence electrons. The molecule has 0 fully saturated rings. The number of amides is 1. The molecule has 28 heavy (non-hydrogen) atoms. The largest absolute Gasteiger partial charge is 0.399 e. The zero-order valence-electron chi connectivity index (χ0n) is 17.1. The standard InChI is InChI=1S/C25H34N2O/c1-2-3-4-5-6-7-8-12-18-27-25(28)20-24(21-14-10-9-11-15-21)22-16-13-17-23(26)19-22/h9-11,13-17,19-20H,2-8,12,18,26H2,1H3,(H,27,28). The average Bonchev–Trinajstić information content (AvgIpc) is 2.71. The van der Waals surface area contributed by atoms with Crippen LogP contribution in [0.25, 0.3) is 5.57 Å². The Morgan fingerprint density at radius 3 is 2.18 bits per heavy atom. The van der Waals surface area contributed by atoms with E-state index in [1.54, 1.807) is 6.08 Å². The van der Waals surface area contributed by atoms with Crippen LogP contribution in [0.1, 0.15) is 69.4 Å². The number of rotatable bonds is 12. The topological polar surface area (TPSA) is 55.1 Å². The molecular weight excluding hydrogens is 344 g/mol. The maximum atomic E-state index is 12.5. The molecule has 0 saturated carbocycles. The summed E-state index contributed by atoms with van der Waals surface area (Å²) >= 11 is 0. The van der Waals surface area contributed by atoms with E-state index in [1.165, 1.54) is 44.9 Å². The lowest BCUT2D eigenvalue weighted by Gasteiger charge is -2.10. The van der Waals surface area contributed by atoms with Crippen LogP contribution in [-0.4, -0.2) is 12.5 Å². The van der Waals surface area contributed by atoms with E-state index in [-0.39, 0.29) is 5.91 Å². The van der Waals surface area contributed by atoms with Crippen LogP contribution in [0.15, 0.2) is 60.7 Å². The lowest BCUT2D eigenvalue weighted by atomic mass is 9.97. The molecule has 0 atom stereocenters. The van der Waals surface area contributed by atoms with Gasteiger partial charge in [-0.3, -0.25) is 4.79 Å². The van der Waals surface area contributed by atoms with Gasteiger partial charge in [0.25, 0.3) is 0 Å². The van der Waals surface area contributed by atoms with Crippen molar-refractivity contribution >= 4 is 17.2 Å². The van der Waals surface area contributed by atoms with Crippen LogP contribution in [0.3, 0.4) is 0 Å². The van der Waals surface area contributed by atoms with Gasteiger partial charge in [-0.2, -0.15) is 0 Å². The van der Waals surface area contributed by atoms with Gasteiger partial charge < -0.3 is 11.1 Å². The third-order valence-electron chi connectivity index (χ3n) is 4.89. The molecule has 0 aliphatic rings. The van der Waals surface area contributed by atoms with Crippen molar-refractivity contribution in [3.8, 4) is 0 Å². The number of anilines is 1. The molecular formula is C25H34N2O. The Morgan fingerprint density at radius 2 is 1.50 bits per heavy atom. The van der Waals surface area contributed by atoms with Crippen LogP contribution in [0.5, 0.6) is 0 Å². The van der Waals surface area contributed by atoms with Crippen LogP contribution in [-0.2, 0) is 4.79 Å². The minimum absolute atomic E-state index is 0.0516. The van der Waals surface area contributed by atoms with Crippen LogP contribution in [0, 0.1) is 0 Å². The fourth-order valence-corrected chi connectivity index (χ4v) is 3.31.